The molecule has 2 aliphatic rings. The Labute approximate surface area is 158 Å². The van der Waals surface area contributed by atoms with Crippen molar-refractivity contribution in [1.82, 2.24) is 15.1 Å². The summed E-state index contributed by atoms with van der Waals surface area (Å²) < 4.78 is 0. The number of Topliss-reactive ketones (excluding diaryl/α,β-unsaturated/α-hetero) is 1. The number of piperazine rings is 1. The molecule has 0 saturated carbocycles. The summed E-state index contributed by atoms with van der Waals surface area (Å²) in [5, 5.41) is 5.84. The Morgan fingerprint density at radius 1 is 1.19 bits per heavy atom. The Hall–Kier alpha value is -2.74. The Morgan fingerprint density at radius 2 is 1.85 bits per heavy atom. The third-order valence-electron chi connectivity index (χ3n) is 4.90. The number of nitrogens with one attached hydrogen (secondary N) is 2. The van der Waals surface area contributed by atoms with E-state index in [0.29, 0.717) is 17.2 Å². The summed E-state index contributed by atoms with van der Waals surface area (Å²) in [5.41, 5.74) is 1.18. The molecule has 2 N–H and O–H groups in total. The van der Waals surface area contributed by atoms with Gasteiger partial charge >= 0.3 is 0 Å². The van der Waals surface area contributed by atoms with Crippen molar-refractivity contribution in [2.75, 3.05) is 38.0 Å². The number of benzene rings is 1. The number of amides is 2. The molecule has 0 spiro atoms. The van der Waals surface area contributed by atoms with E-state index < -0.39 is 6.04 Å². The Morgan fingerprint density at radius 3 is 2.44 bits per heavy atom. The molecule has 0 aromatic heterocycles. The van der Waals surface area contributed by atoms with Crippen LogP contribution in [0.1, 0.15) is 30.6 Å². The van der Waals surface area contributed by atoms with Crippen LogP contribution in [0.4, 0.5) is 5.69 Å². The standard InChI is InChI=1S/C19H25N5O3/c1-3-23-8-10-24(11-9-23)19-21-16(18(27)22-19)12-17(26)20-15-6-4-14(5-7-15)13(2)25/h4-7,16H,3,8-12H2,1-2H3,(H,20,26)(H,21,22,27). The fraction of sp³-hybridized carbons (Fsp3) is 0.474. The summed E-state index contributed by atoms with van der Waals surface area (Å²) in [4.78, 5) is 44.2. The number of hydrogen-bond acceptors (Lipinski definition) is 6. The first-order chi connectivity index (χ1) is 13.0. The van der Waals surface area contributed by atoms with Crippen LogP contribution in [0.5, 0.6) is 0 Å². The minimum Gasteiger partial charge on any atom is -0.343 e. The van der Waals surface area contributed by atoms with E-state index in [1.165, 1.54) is 6.92 Å². The molecule has 0 radical (unpaired) electrons. The topological polar surface area (TPSA) is 94.1 Å². The number of likely N-dealkylation sites (N-methyl/N-ethyl adjacent to an activating group) is 1. The molecule has 144 valence electrons. The molecule has 1 unspecified atom stereocenters. The lowest BCUT2D eigenvalue weighted by Gasteiger charge is -2.35. The monoisotopic (exact) mass is 371 g/mol. The van der Waals surface area contributed by atoms with Gasteiger partial charge in [-0.05, 0) is 37.7 Å². The van der Waals surface area contributed by atoms with E-state index in [1.54, 1.807) is 24.3 Å². The van der Waals surface area contributed by atoms with Crippen molar-refractivity contribution in [2.24, 2.45) is 4.99 Å². The number of anilines is 1. The van der Waals surface area contributed by atoms with Gasteiger partial charge in [-0.2, -0.15) is 4.99 Å². The first-order valence-corrected chi connectivity index (χ1v) is 9.23. The number of ketones is 1. The van der Waals surface area contributed by atoms with Crippen molar-refractivity contribution in [3.8, 4) is 0 Å². The Balaban J connectivity index is 1.50. The van der Waals surface area contributed by atoms with Gasteiger partial charge in [0.1, 0.15) is 6.04 Å². The predicted molar refractivity (Wildman–Crippen MR) is 103 cm³/mol. The van der Waals surface area contributed by atoms with Crippen molar-refractivity contribution < 1.29 is 14.4 Å². The van der Waals surface area contributed by atoms with Crippen molar-refractivity contribution in [3.05, 3.63) is 29.8 Å². The van der Waals surface area contributed by atoms with E-state index in [-0.39, 0.29) is 24.0 Å². The van der Waals surface area contributed by atoms with Gasteiger partial charge in [-0.25, -0.2) is 0 Å². The molecule has 27 heavy (non-hydrogen) atoms. The largest absolute Gasteiger partial charge is 0.343 e. The Bertz CT molecular complexity index is 751. The molecule has 1 fully saturated rings. The fourth-order valence-electron chi connectivity index (χ4n) is 3.19. The minimum atomic E-state index is -0.638. The second-order valence-electron chi connectivity index (χ2n) is 6.78. The average Bonchev–Trinajstić information content (AvgIpc) is 3.02. The zero-order valence-corrected chi connectivity index (χ0v) is 15.7. The molecule has 1 aromatic rings. The van der Waals surface area contributed by atoms with E-state index in [0.717, 1.165) is 32.7 Å². The summed E-state index contributed by atoms with van der Waals surface area (Å²) in [6.07, 6.45) is 0.00914. The highest BCUT2D eigenvalue weighted by Crippen LogP contribution is 2.13. The van der Waals surface area contributed by atoms with Gasteiger partial charge in [-0.1, -0.05) is 6.92 Å². The van der Waals surface area contributed by atoms with Gasteiger partial charge in [0, 0.05) is 37.4 Å². The van der Waals surface area contributed by atoms with Gasteiger partial charge in [0.25, 0.3) is 5.91 Å². The first kappa shape index (κ1) is 19.0. The van der Waals surface area contributed by atoms with Crippen LogP contribution >= 0.6 is 0 Å². The summed E-state index contributed by atoms with van der Waals surface area (Å²) >= 11 is 0. The molecule has 2 aliphatic heterocycles. The highest BCUT2D eigenvalue weighted by Gasteiger charge is 2.32. The van der Waals surface area contributed by atoms with Crippen molar-refractivity contribution in [1.29, 1.82) is 0 Å². The van der Waals surface area contributed by atoms with Crippen LogP contribution in [0.25, 0.3) is 0 Å². The van der Waals surface area contributed by atoms with Gasteiger partial charge in [0.05, 0.1) is 6.42 Å². The zero-order chi connectivity index (χ0) is 19.4. The molecule has 2 heterocycles. The number of nitrogens with zero attached hydrogens (tertiary/aromatic N) is 3. The second kappa shape index (κ2) is 8.30. The smallest absolute Gasteiger partial charge is 0.271 e. The third kappa shape index (κ3) is 4.71. The SMILES string of the molecule is CCN1CCN(C2=NC(=O)C(CC(=O)Nc3ccc(C(C)=O)cc3)N2)CC1. The number of aliphatic imine (C=N–C) groups is 1. The maximum Gasteiger partial charge on any atom is 0.271 e. The highest BCUT2D eigenvalue weighted by atomic mass is 16.2. The minimum absolute atomic E-state index is 0.00914. The predicted octanol–water partition coefficient (Wildman–Crippen LogP) is 0.710. The lowest BCUT2D eigenvalue weighted by molar-refractivity contribution is -0.123. The van der Waals surface area contributed by atoms with Crippen LogP contribution in [-0.2, 0) is 9.59 Å². The van der Waals surface area contributed by atoms with Crippen LogP contribution in [0.2, 0.25) is 0 Å². The number of hydrogen-bond donors (Lipinski definition) is 2. The maximum atomic E-state index is 12.3. The second-order valence-corrected chi connectivity index (χ2v) is 6.78. The highest BCUT2D eigenvalue weighted by molar-refractivity contribution is 6.05. The van der Waals surface area contributed by atoms with E-state index in [1.807, 2.05) is 0 Å². The van der Waals surface area contributed by atoms with Gasteiger partial charge < -0.3 is 20.4 Å². The molecule has 8 heteroatoms. The molecular formula is C19H25N5O3. The van der Waals surface area contributed by atoms with Crippen LogP contribution < -0.4 is 10.6 Å². The van der Waals surface area contributed by atoms with E-state index in [2.05, 4.69) is 32.3 Å². The first-order valence-electron chi connectivity index (χ1n) is 9.23. The van der Waals surface area contributed by atoms with Gasteiger partial charge in [-0.15, -0.1) is 0 Å². The number of carbonyl (C=O) groups excluding carboxylic acids is 3. The van der Waals surface area contributed by atoms with Crippen LogP contribution in [0.3, 0.4) is 0 Å². The van der Waals surface area contributed by atoms with Crippen LogP contribution in [-0.4, -0.2) is 72.1 Å². The lowest BCUT2D eigenvalue weighted by Crippen LogP contribution is -2.52. The summed E-state index contributed by atoms with van der Waals surface area (Å²) in [6.45, 7) is 8.14. The normalized spacial score (nSPS) is 20.2. The number of carbonyl (C=O) groups is 3. The van der Waals surface area contributed by atoms with Crippen LogP contribution in [0.15, 0.2) is 29.3 Å². The molecule has 8 nitrogen and oxygen atoms in total. The van der Waals surface area contributed by atoms with Gasteiger partial charge in [0.15, 0.2) is 5.78 Å². The van der Waals surface area contributed by atoms with Crippen molar-refractivity contribution in [2.45, 2.75) is 26.3 Å². The quantitative estimate of drug-likeness (QED) is 0.741. The molecule has 2 amide bonds. The van der Waals surface area contributed by atoms with Gasteiger partial charge in [-0.3, -0.25) is 14.4 Å². The van der Waals surface area contributed by atoms with Crippen LogP contribution in [0, 0.1) is 0 Å². The molecular weight excluding hydrogens is 346 g/mol. The number of rotatable bonds is 5. The average molecular weight is 371 g/mol. The molecule has 0 bridgehead atoms. The molecule has 3 rings (SSSR count). The van der Waals surface area contributed by atoms with Gasteiger partial charge in [0.2, 0.25) is 11.9 Å². The van der Waals surface area contributed by atoms with Crippen molar-refractivity contribution in [3.63, 3.8) is 0 Å². The summed E-state index contributed by atoms with van der Waals surface area (Å²) in [6, 6.07) is 6.03. The summed E-state index contributed by atoms with van der Waals surface area (Å²) in [5.74, 6) is -0.0499. The van der Waals surface area contributed by atoms with E-state index >= 15 is 0 Å². The van der Waals surface area contributed by atoms with Crippen molar-refractivity contribution >= 4 is 29.2 Å². The molecule has 1 saturated heterocycles. The van der Waals surface area contributed by atoms with E-state index in [4.69, 9.17) is 0 Å². The Kier molecular flexibility index (Phi) is 5.85. The zero-order valence-electron chi connectivity index (χ0n) is 15.7. The number of guanidine groups is 1. The van der Waals surface area contributed by atoms with E-state index in [9.17, 15) is 14.4 Å². The fourth-order valence-corrected chi connectivity index (χ4v) is 3.19. The lowest BCUT2D eigenvalue weighted by atomic mass is 10.1. The molecule has 1 atom stereocenters. The summed E-state index contributed by atoms with van der Waals surface area (Å²) in [7, 11) is 0. The maximum absolute atomic E-state index is 12.3. The molecule has 1 aromatic carbocycles. The molecule has 0 aliphatic carbocycles. The third-order valence-corrected chi connectivity index (χ3v) is 4.90.